The Bertz CT molecular complexity index is 726. The molecule has 0 spiro atoms. The van der Waals surface area contributed by atoms with Crippen molar-refractivity contribution in [1.29, 1.82) is 0 Å². The maximum Gasteiger partial charge on any atom is 0.228 e. The first-order valence-electron chi connectivity index (χ1n) is 7.91. The van der Waals surface area contributed by atoms with Crippen LogP contribution in [0.15, 0.2) is 47.1 Å². The van der Waals surface area contributed by atoms with E-state index >= 15 is 0 Å². The zero-order chi connectivity index (χ0) is 16.9. The highest BCUT2D eigenvalue weighted by molar-refractivity contribution is 9.10. The molecular weight excluding hydrogens is 392 g/mol. The van der Waals surface area contributed by atoms with Crippen molar-refractivity contribution < 1.29 is 9.53 Å². The van der Waals surface area contributed by atoms with Gasteiger partial charge in [-0.3, -0.25) is 4.79 Å². The van der Waals surface area contributed by atoms with Crippen LogP contribution in [0, 0.1) is 0 Å². The molecule has 2 heterocycles. The Morgan fingerprint density at radius 2 is 2.25 bits per heavy atom. The standard InChI is InChI=1S/C18H18BrClN2O2/c19-16-5-2-9-21-18(16)24-15-8-10-22(12-15)17(23)7-6-13-3-1-4-14(20)11-13/h1-5,9,11,15H,6-8,10,12H2/t15-/m1/s1. The third-order valence-electron chi connectivity index (χ3n) is 4.02. The average Bonchev–Trinajstić information content (AvgIpc) is 3.04. The smallest absolute Gasteiger partial charge is 0.228 e. The van der Waals surface area contributed by atoms with Gasteiger partial charge in [-0.25, -0.2) is 4.98 Å². The quantitative estimate of drug-likeness (QED) is 0.746. The van der Waals surface area contributed by atoms with Crippen LogP contribution in [0.4, 0.5) is 0 Å². The number of benzene rings is 1. The lowest BCUT2D eigenvalue weighted by Gasteiger charge is -2.17. The number of aromatic nitrogens is 1. The van der Waals surface area contributed by atoms with Crippen molar-refractivity contribution in [3.05, 3.63) is 57.7 Å². The number of nitrogens with zero attached hydrogens (tertiary/aromatic N) is 2. The Labute approximate surface area is 154 Å². The predicted molar refractivity (Wildman–Crippen MR) is 97.3 cm³/mol. The highest BCUT2D eigenvalue weighted by atomic mass is 79.9. The molecule has 1 aromatic heterocycles. The zero-order valence-electron chi connectivity index (χ0n) is 13.1. The topological polar surface area (TPSA) is 42.4 Å². The molecule has 0 aliphatic carbocycles. The number of carbonyl (C=O) groups is 1. The highest BCUT2D eigenvalue weighted by Crippen LogP contribution is 2.24. The van der Waals surface area contributed by atoms with Crippen molar-refractivity contribution >= 4 is 33.4 Å². The van der Waals surface area contributed by atoms with Crippen LogP contribution in [0.25, 0.3) is 0 Å². The Morgan fingerprint density at radius 3 is 3.04 bits per heavy atom. The van der Waals surface area contributed by atoms with E-state index in [-0.39, 0.29) is 12.0 Å². The summed E-state index contributed by atoms with van der Waals surface area (Å²) in [6, 6.07) is 11.4. The monoisotopic (exact) mass is 408 g/mol. The van der Waals surface area contributed by atoms with E-state index in [9.17, 15) is 4.79 Å². The number of rotatable bonds is 5. The van der Waals surface area contributed by atoms with Gasteiger partial charge in [0.25, 0.3) is 0 Å². The molecule has 0 bridgehead atoms. The summed E-state index contributed by atoms with van der Waals surface area (Å²) in [5.74, 6) is 0.733. The highest BCUT2D eigenvalue weighted by Gasteiger charge is 2.28. The maximum atomic E-state index is 12.4. The fraction of sp³-hybridized carbons (Fsp3) is 0.333. The number of hydrogen-bond acceptors (Lipinski definition) is 3. The Kier molecular flexibility index (Phi) is 5.74. The van der Waals surface area contributed by atoms with Crippen molar-refractivity contribution in [1.82, 2.24) is 9.88 Å². The van der Waals surface area contributed by atoms with E-state index in [1.807, 2.05) is 41.3 Å². The minimum Gasteiger partial charge on any atom is -0.472 e. The summed E-state index contributed by atoms with van der Waals surface area (Å²) in [6.45, 7) is 1.33. The van der Waals surface area contributed by atoms with E-state index in [2.05, 4.69) is 20.9 Å². The van der Waals surface area contributed by atoms with Gasteiger partial charge >= 0.3 is 0 Å². The lowest BCUT2D eigenvalue weighted by Crippen LogP contribution is -2.31. The van der Waals surface area contributed by atoms with Gasteiger partial charge in [0.15, 0.2) is 0 Å². The first kappa shape index (κ1) is 17.2. The molecule has 0 unspecified atom stereocenters. The molecule has 1 aromatic carbocycles. The molecule has 1 aliphatic heterocycles. The van der Waals surface area contributed by atoms with Crippen LogP contribution in [0.1, 0.15) is 18.4 Å². The molecule has 0 N–H and O–H groups in total. The van der Waals surface area contributed by atoms with E-state index in [1.165, 1.54) is 0 Å². The normalized spacial score (nSPS) is 17.1. The van der Waals surface area contributed by atoms with Gasteiger partial charge in [0.2, 0.25) is 11.8 Å². The summed E-state index contributed by atoms with van der Waals surface area (Å²) in [6.07, 6.45) is 3.70. The number of hydrogen-bond donors (Lipinski definition) is 0. The molecule has 1 fully saturated rings. The molecule has 1 amide bonds. The number of halogens is 2. The molecule has 0 saturated carbocycles. The fourth-order valence-corrected chi connectivity index (χ4v) is 3.33. The first-order chi connectivity index (χ1) is 11.6. The van der Waals surface area contributed by atoms with Crippen LogP contribution >= 0.6 is 27.5 Å². The molecular formula is C18H18BrClN2O2. The molecule has 2 aromatic rings. The average molecular weight is 410 g/mol. The molecule has 4 nitrogen and oxygen atoms in total. The van der Waals surface area contributed by atoms with Crippen LogP contribution in [0.2, 0.25) is 5.02 Å². The zero-order valence-corrected chi connectivity index (χ0v) is 15.5. The van der Waals surface area contributed by atoms with Gasteiger partial charge in [-0.15, -0.1) is 0 Å². The third-order valence-corrected chi connectivity index (χ3v) is 4.86. The summed E-state index contributed by atoms with van der Waals surface area (Å²) >= 11 is 9.40. The molecule has 126 valence electrons. The largest absolute Gasteiger partial charge is 0.472 e. The van der Waals surface area contributed by atoms with Gasteiger partial charge in [-0.1, -0.05) is 23.7 Å². The SMILES string of the molecule is O=C(CCc1cccc(Cl)c1)N1CC[C@@H](Oc2ncccc2Br)C1. The second-order valence-corrected chi connectivity index (χ2v) is 7.08. The van der Waals surface area contributed by atoms with Crippen molar-refractivity contribution in [2.45, 2.75) is 25.4 Å². The van der Waals surface area contributed by atoms with Gasteiger partial charge in [0.05, 0.1) is 11.0 Å². The Morgan fingerprint density at radius 1 is 1.38 bits per heavy atom. The number of likely N-dealkylation sites (tertiary alicyclic amines) is 1. The van der Waals surface area contributed by atoms with Gasteiger partial charge in [-0.2, -0.15) is 0 Å². The van der Waals surface area contributed by atoms with E-state index < -0.39 is 0 Å². The molecule has 6 heteroatoms. The number of ether oxygens (including phenoxy) is 1. The second kappa shape index (κ2) is 7.99. The molecule has 1 atom stereocenters. The number of pyridine rings is 1. The summed E-state index contributed by atoms with van der Waals surface area (Å²) in [4.78, 5) is 18.5. The van der Waals surface area contributed by atoms with Crippen LogP contribution in [0.5, 0.6) is 5.88 Å². The van der Waals surface area contributed by atoms with Crippen molar-refractivity contribution in [2.24, 2.45) is 0 Å². The van der Waals surface area contributed by atoms with Gasteiger partial charge in [0.1, 0.15) is 6.10 Å². The number of amides is 1. The fourth-order valence-electron chi connectivity index (χ4n) is 2.77. The maximum absolute atomic E-state index is 12.4. The Balaban J connectivity index is 1.50. The van der Waals surface area contributed by atoms with Crippen LogP contribution in [0.3, 0.4) is 0 Å². The van der Waals surface area contributed by atoms with E-state index in [0.717, 1.165) is 23.0 Å². The van der Waals surface area contributed by atoms with Crippen molar-refractivity contribution in [3.8, 4) is 5.88 Å². The predicted octanol–water partition coefficient (Wildman–Crippen LogP) is 4.11. The summed E-state index contributed by atoms with van der Waals surface area (Å²) in [5, 5.41) is 0.704. The summed E-state index contributed by atoms with van der Waals surface area (Å²) < 4.78 is 6.73. The van der Waals surface area contributed by atoms with Gasteiger partial charge in [-0.05, 0) is 52.2 Å². The summed E-state index contributed by atoms with van der Waals surface area (Å²) in [5.41, 5.74) is 1.08. The van der Waals surface area contributed by atoms with Crippen LogP contribution in [-0.2, 0) is 11.2 Å². The molecule has 24 heavy (non-hydrogen) atoms. The van der Waals surface area contributed by atoms with Gasteiger partial charge in [0, 0.05) is 30.6 Å². The Hall–Kier alpha value is -1.59. The van der Waals surface area contributed by atoms with E-state index in [4.69, 9.17) is 16.3 Å². The summed E-state index contributed by atoms with van der Waals surface area (Å²) in [7, 11) is 0. The van der Waals surface area contributed by atoms with Crippen LogP contribution in [-0.4, -0.2) is 35.0 Å². The molecule has 3 rings (SSSR count). The second-order valence-electron chi connectivity index (χ2n) is 5.79. The third kappa shape index (κ3) is 4.48. The van der Waals surface area contributed by atoms with Crippen LogP contribution < -0.4 is 4.74 Å². The molecule has 0 radical (unpaired) electrons. The van der Waals surface area contributed by atoms with Crippen molar-refractivity contribution in [3.63, 3.8) is 0 Å². The minimum absolute atomic E-state index is 0.00804. The van der Waals surface area contributed by atoms with E-state index in [1.54, 1.807) is 6.20 Å². The minimum atomic E-state index is -0.00804. The number of carbonyl (C=O) groups excluding carboxylic acids is 1. The lowest BCUT2D eigenvalue weighted by atomic mass is 10.1. The molecule has 1 saturated heterocycles. The first-order valence-corrected chi connectivity index (χ1v) is 9.08. The van der Waals surface area contributed by atoms with Crippen molar-refractivity contribution in [2.75, 3.05) is 13.1 Å². The van der Waals surface area contributed by atoms with E-state index in [0.29, 0.717) is 30.3 Å². The number of aryl methyl sites for hydroxylation is 1. The van der Waals surface area contributed by atoms with Gasteiger partial charge < -0.3 is 9.64 Å². The lowest BCUT2D eigenvalue weighted by molar-refractivity contribution is -0.130. The molecule has 1 aliphatic rings.